The number of hydrogen-bond donors (Lipinski definition) is 1. The average molecular weight is 289 g/mol. The standard InChI is InChI=1S/C17H23NO3/c1-16(2,3)21-15(20)18-11-12-9-17(18,10-12)14(19)13-7-5-4-6-8-13/h4-8,12,14,19H,9-11H2,1-3H3. The summed E-state index contributed by atoms with van der Waals surface area (Å²) in [5.41, 5.74) is -0.122. The van der Waals surface area contributed by atoms with E-state index in [9.17, 15) is 9.90 Å². The van der Waals surface area contributed by atoms with Crippen molar-refractivity contribution in [3.8, 4) is 0 Å². The Hall–Kier alpha value is -1.55. The van der Waals surface area contributed by atoms with Gasteiger partial charge in [0.25, 0.3) is 0 Å². The zero-order valence-corrected chi connectivity index (χ0v) is 12.9. The third kappa shape index (κ3) is 2.42. The maximum absolute atomic E-state index is 12.4. The number of rotatable bonds is 2. The van der Waals surface area contributed by atoms with Crippen LogP contribution in [0.1, 0.15) is 45.3 Å². The van der Waals surface area contributed by atoms with Gasteiger partial charge in [0.2, 0.25) is 0 Å². The van der Waals surface area contributed by atoms with Crippen LogP contribution in [0.4, 0.5) is 4.79 Å². The number of ether oxygens (including phenoxy) is 1. The number of benzene rings is 1. The molecule has 4 nitrogen and oxygen atoms in total. The molecule has 1 atom stereocenters. The van der Waals surface area contributed by atoms with Gasteiger partial charge in [-0.1, -0.05) is 30.3 Å². The lowest BCUT2D eigenvalue weighted by Gasteiger charge is -2.45. The lowest BCUT2D eigenvalue weighted by molar-refractivity contribution is -0.0470. The van der Waals surface area contributed by atoms with Crippen LogP contribution in [0.5, 0.6) is 0 Å². The lowest BCUT2D eigenvalue weighted by Crippen LogP contribution is -2.53. The Bertz CT molecular complexity index is 529. The molecule has 1 saturated carbocycles. The summed E-state index contributed by atoms with van der Waals surface area (Å²) in [5, 5.41) is 10.8. The zero-order valence-electron chi connectivity index (χ0n) is 12.9. The van der Waals surface area contributed by atoms with E-state index in [4.69, 9.17) is 4.74 Å². The van der Waals surface area contributed by atoms with Crippen molar-refractivity contribution in [2.45, 2.75) is 50.9 Å². The maximum Gasteiger partial charge on any atom is 0.410 e. The second kappa shape index (κ2) is 4.73. The summed E-state index contributed by atoms with van der Waals surface area (Å²) in [6.07, 6.45) is 0.771. The van der Waals surface area contributed by atoms with Crippen LogP contribution in [0, 0.1) is 5.92 Å². The fourth-order valence-electron chi connectivity index (χ4n) is 3.62. The van der Waals surface area contributed by atoms with Crippen LogP contribution in [0.25, 0.3) is 0 Å². The number of amides is 1. The molecule has 2 aliphatic heterocycles. The highest BCUT2D eigenvalue weighted by Crippen LogP contribution is 2.56. The molecule has 0 radical (unpaired) electrons. The van der Waals surface area contributed by atoms with E-state index in [1.807, 2.05) is 51.1 Å². The minimum absolute atomic E-state index is 0.308. The van der Waals surface area contributed by atoms with Crippen molar-refractivity contribution in [3.05, 3.63) is 35.9 Å². The maximum atomic E-state index is 12.4. The summed E-state index contributed by atoms with van der Waals surface area (Å²) in [7, 11) is 0. The zero-order chi connectivity index (χ0) is 15.3. The van der Waals surface area contributed by atoms with Gasteiger partial charge in [-0.2, -0.15) is 0 Å². The van der Waals surface area contributed by atoms with Gasteiger partial charge in [-0.05, 0) is 45.1 Å². The highest BCUT2D eigenvalue weighted by atomic mass is 16.6. The second-order valence-corrected chi connectivity index (χ2v) is 7.28. The summed E-state index contributed by atoms with van der Waals surface area (Å²) in [6.45, 7) is 6.29. The number of aliphatic hydroxyl groups excluding tert-OH is 1. The van der Waals surface area contributed by atoms with Crippen LogP contribution < -0.4 is 0 Å². The molecule has 2 saturated heterocycles. The van der Waals surface area contributed by atoms with Gasteiger partial charge in [-0.25, -0.2) is 4.79 Å². The highest BCUT2D eigenvalue weighted by molar-refractivity contribution is 5.71. The second-order valence-electron chi connectivity index (χ2n) is 7.28. The number of fused-ring (bicyclic) bond motifs is 1. The highest BCUT2D eigenvalue weighted by Gasteiger charge is 2.62. The number of hydrogen-bond acceptors (Lipinski definition) is 3. The number of carbonyl (C=O) groups excluding carboxylic acids is 1. The van der Waals surface area contributed by atoms with E-state index < -0.39 is 17.2 Å². The molecule has 2 bridgehead atoms. The quantitative estimate of drug-likeness (QED) is 0.910. The van der Waals surface area contributed by atoms with Gasteiger partial charge in [-0.3, -0.25) is 4.90 Å². The van der Waals surface area contributed by atoms with E-state index >= 15 is 0 Å². The first-order valence-electron chi connectivity index (χ1n) is 7.55. The molecule has 1 N–H and O–H groups in total. The van der Waals surface area contributed by atoms with E-state index in [2.05, 4.69) is 0 Å². The van der Waals surface area contributed by atoms with Crippen molar-refractivity contribution in [1.82, 2.24) is 4.90 Å². The first kappa shape index (κ1) is 14.4. The van der Waals surface area contributed by atoms with Crippen molar-refractivity contribution in [1.29, 1.82) is 0 Å². The lowest BCUT2D eigenvalue weighted by atomic mass is 9.68. The van der Waals surface area contributed by atoms with Crippen LogP contribution in [-0.2, 0) is 4.74 Å². The van der Waals surface area contributed by atoms with Crippen molar-refractivity contribution in [2.75, 3.05) is 6.54 Å². The molecule has 1 aromatic carbocycles. The van der Waals surface area contributed by atoms with E-state index in [-0.39, 0.29) is 6.09 Å². The van der Waals surface area contributed by atoms with Crippen LogP contribution >= 0.6 is 0 Å². The van der Waals surface area contributed by atoms with Crippen LogP contribution in [0.3, 0.4) is 0 Å². The Morgan fingerprint density at radius 3 is 2.52 bits per heavy atom. The molecule has 3 fully saturated rings. The first-order valence-corrected chi connectivity index (χ1v) is 7.55. The summed E-state index contributed by atoms with van der Waals surface area (Å²) in [6, 6.07) is 9.59. The third-order valence-electron chi connectivity index (χ3n) is 4.50. The fraction of sp³-hybridized carbons (Fsp3) is 0.588. The predicted molar refractivity (Wildman–Crippen MR) is 79.8 cm³/mol. The molecule has 0 spiro atoms. The Morgan fingerprint density at radius 1 is 1.33 bits per heavy atom. The van der Waals surface area contributed by atoms with Crippen molar-refractivity contribution in [2.24, 2.45) is 5.92 Å². The minimum atomic E-state index is -0.648. The summed E-state index contributed by atoms with van der Waals surface area (Å²) in [5.74, 6) is 0.496. The number of carbonyl (C=O) groups is 1. The average Bonchev–Trinajstić information content (AvgIpc) is 2.92. The Kier molecular flexibility index (Phi) is 3.24. The van der Waals surface area contributed by atoms with Gasteiger partial charge in [0.05, 0.1) is 5.54 Å². The SMILES string of the molecule is CC(C)(C)OC(=O)N1CC2CC1(C(O)c1ccccc1)C2. The number of aliphatic hydroxyl groups is 1. The van der Waals surface area contributed by atoms with Crippen LogP contribution in [-0.4, -0.2) is 33.8 Å². The monoisotopic (exact) mass is 289 g/mol. The summed E-state index contributed by atoms with van der Waals surface area (Å²) < 4.78 is 5.51. The van der Waals surface area contributed by atoms with Gasteiger partial charge in [0, 0.05) is 6.54 Å². The summed E-state index contributed by atoms with van der Waals surface area (Å²) >= 11 is 0. The molecule has 0 aromatic heterocycles. The molecular weight excluding hydrogens is 266 g/mol. The topological polar surface area (TPSA) is 49.8 Å². The molecule has 1 unspecified atom stereocenters. The molecule has 4 rings (SSSR count). The van der Waals surface area contributed by atoms with Crippen LogP contribution in [0.15, 0.2) is 30.3 Å². The van der Waals surface area contributed by atoms with Crippen LogP contribution in [0.2, 0.25) is 0 Å². The van der Waals surface area contributed by atoms with E-state index in [0.29, 0.717) is 12.5 Å². The minimum Gasteiger partial charge on any atom is -0.444 e. The Morgan fingerprint density at radius 2 is 1.95 bits per heavy atom. The van der Waals surface area contributed by atoms with Gasteiger partial charge in [0.15, 0.2) is 0 Å². The van der Waals surface area contributed by atoms with E-state index in [0.717, 1.165) is 18.4 Å². The molecule has 1 amide bonds. The smallest absolute Gasteiger partial charge is 0.410 e. The molecule has 114 valence electrons. The molecule has 2 heterocycles. The van der Waals surface area contributed by atoms with Crippen molar-refractivity contribution < 1.29 is 14.6 Å². The molecule has 1 aliphatic carbocycles. The molecular formula is C17H23NO3. The van der Waals surface area contributed by atoms with Gasteiger partial charge < -0.3 is 9.84 Å². The van der Waals surface area contributed by atoms with Gasteiger partial charge in [-0.15, -0.1) is 0 Å². The van der Waals surface area contributed by atoms with Gasteiger partial charge >= 0.3 is 6.09 Å². The van der Waals surface area contributed by atoms with Gasteiger partial charge in [0.1, 0.15) is 11.7 Å². The van der Waals surface area contributed by atoms with Crippen molar-refractivity contribution in [3.63, 3.8) is 0 Å². The summed E-state index contributed by atoms with van der Waals surface area (Å²) in [4.78, 5) is 14.2. The molecule has 4 heteroatoms. The number of nitrogens with zero attached hydrogens (tertiary/aromatic N) is 1. The molecule has 21 heavy (non-hydrogen) atoms. The predicted octanol–water partition coefficient (Wildman–Crippen LogP) is 3.12. The van der Waals surface area contributed by atoms with E-state index in [1.54, 1.807) is 4.90 Å². The third-order valence-corrected chi connectivity index (χ3v) is 4.50. The fourth-order valence-corrected chi connectivity index (χ4v) is 3.62. The van der Waals surface area contributed by atoms with Crippen molar-refractivity contribution >= 4 is 6.09 Å². The Labute approximate surface area is 125 Å². The Balaban J connectivity index is 1.82. The molecule has 1 aromatic rings. The largest absolute Gasteiger partial charge is 0.444 e. The van der Waals surface area contributed by atoms with E-state index in [1.165, 1.54) is 0 Å². The molecule has 3 aliphatic rings. The first-order chi connectivity index (χ1) is 9.82. The normalized spacial score (nSPS) is 29.0.